The Balaban J connectivity index is 1.52. The Morgan fingerprint density at radius 3 is 2.45 bits per heavy atom. The van der Waals surface area contributed by atoms with Crippen LogP contribution in [-0.4, -0.2) is 57.2 Å². The van der Waals surface area contributed by atoms with E-state index in [-0.39, 0.29) is 17.4 Å². The van der Waals surface area contributed by atoms with Crippen molar-refractivity contribution in [2.75, 3.05) is 31.1 Å². The van der Waals surface area contributed by atoms with Crippen molar-refractivity contribution in [1.29, 1.82) is 0 Å². The number of aromatic nitrogens is 2. The van der Waals surface area contributed by atoms with Gasteiger partial charge < -0.3 is 20.0 Å². The highest BCUT2D eigenvalue weighted by atomic mass is 35.5. The van der Waals surface area contributed by atoms with Gasteiger partial charge in [0, 0.05) is 43.7 Å². The van der Waals surface area contributed by atoms with Crippen LogP contribution in [0.1, 0.15) is 10.4 Å². The molecular weight excluding hydrogens is 416 g/mol. The zero-order valence-corrected chi connectivity index (χ0v) is 17.3. The lowest BCUT2D eigenvalue weighted by Crippen LogP contribution is -2.49. The summed E-state index contributed by atoms with van der Waals surface area (Å²) in [6.07, 6.45) is 0. The van der Waals surface area contributed by atoms with Crippen molar-refractivity contribution in [2.45, 2.75) is 0 Å². The second kappa shape index (κ2) is 7.59. The van der Waals surface area contributed by atoms with E-state index < -0.39 is 0 Å². The Kier molecular flexibility index (Phi) is 4.75. The van der Waals surface area contributed by atoms with Crippen LogP contribution in [0.4, 0.5) is 5.82 Å². The largest absolute Gasteiger partial charge is 0.508 e. The fourth-order valence-electron chi connectivity index (χ4n) is 4.08. The molecule has 1 aliphatic rings. The maximum absolute atomic E-state index is 13.6. The number of phenolic OH excluding ortho intramolecular Hbond substituents is 2. The van der Waals surface area contributed by atoms with Crippen molar-refractivity contribution < 1.29 is 15.0 Å². The third kappa shape index (κ3) is 3.47. The lowest BCUT2D eigenvalue weighted by molar-refractivity contribution is 0.0750. The van der Waals surface area contributed by atoms with Crippen LogP contribution in [-0.2, 0) is 0 Å². The smallest absolute Gasteiger partial charge is 0.255 e. The van der Waals surface area contributed by atoms with Crippen molar-refractivity contribution in [1.82, 2.24) is 14.9 Å². The van der Waals surface area contributed by atoms with Crippen LogP contribution in [0, 0.1) is 0 Å². The van der Waals surface area contributed by atoms with E-state index in [0.29, 0.717) is 58.7 Å². The molecular formula is C23H19ClN4O3. The molecule has 2 aromatic carbocycles. The molecule has 7 nitrogen and oxygen atoms in total. The first kappa shape index (κ1) is 19.4. The molecule has 0 aliphatic carbocycles. The number of benzene rings is 2. The first-order valence-corrected chi connectivity index (χ1v) is 10.3. The zero-order valence-electron chi connectivity index (χ0n) is 16.5. The average molecular weight is 435 g/mol. The molecule has 0 spiro atoms. The molecule has 0 radical (unpaired) electrons. The molecule has 5 rings (SSSR count). The van der Waals surface area contributed by atoms with Gasteiger partial charge in [-0.05, 0) is 18.2 Å². The first-order chi connectivity index (χ1) is 15.0. The van der Waals surface area contributed by atoms with E-state index in [1.165, 1.54) is 12.1 Å². The minimum Gasteiger partial charge on any atom is -0.508 e. The summed E-state index contributed by atoms with van der Waals surface area (Å²) in [5.74, 6) is 0.336. The number of piperazine rings is 1. The molecule has 1 aliphatic heterocycles. The van der Waals surface area contributed by atoms with Gasteiger partial charge in [0.15, 0.2) is 0 Å². The number of para-hydroxylation sites is 1. The van der Waals surface area contributed by atoms with Gasteiger partial charge in [-0.15, -0.1) is 0 Å². The molecule has 156 valence electrons. The van der Waals surface area contributed by atoms with Gasteiger partial charge in [0.1, 0.15) is 22.5 Å². The molecule has 31 heavy (non-hydrogen) atoms. The Bertz CT molecular complexity index is 1320. The molecule has 1 saturated heterocycles. The number of aromatic hydroxyl groups is 2. The number of phenols is 2. The number of pyridine rings is 2. The molecule has 2 aromatic heterocycles. The van der Waals surface area contributed by atoms with Crippen molar-refractivity contribution in [3.05, 3.63) is 65.3 Å². The van der Waals surface area contributed by atoms with Gasteiger partial charge >= 0.3 is 0 Å². The number of hydrogen-bond donors (Lipinski definition) is 2. The number of nitrogens with zero attached hydrogens (tertiary/aromatic N) is 4. The lowest BCUT2D eigenvalue weighted by Gasteiger charge is -2.35. The average Bonchev–Trinajstić information content (AvgIpc) is 2.77. The summed E-state index contributed by atoms with van der Waals surface area (Å²) in [7, 11) is 0. The number of carbonyl (C=O) groups is 1. The quantitative estimate of drug-likeness (QED) is 0.368. The molecule has 2 N–H and O–H groups in total. The first-order valence-electron chi connectivity index (χ1n) is 9.92. The highest BCUT2D eigenvalue weighted by Gasteiger charge is 2.27. The van der Waals surface area contributed by atoms with Gasteiger partial charge in [-0.25, -0.2) is 9.97 Å². The fourth-order valence-corrected chi connectivity index (χ4v) is 4.24. The summed E-state index contributed by atoms with van der Waals surface area (Å²) in [4.78, 5) is 26.4. The van der Waals surface area contributed by atoms with Gasteiger partial charge in [-0.2, -0.15) is 0 Å². The maximum Gasteiger partial charge on any atom is 0.255 e. The molecule has 1 fully saturated rings. The van der Waals surface area contributed by atoms with Crippen LogP contribution in [0.15, 0.2) is 54.6 Å². The van der Waals surface area contributed by atoms with Gasteiger partial charge in [0.25, 0.3) is 5.91 Å². The van der Waals surface area contributed by atoms with Gasteiger partial charge in [-0.3, -0.25) is 4.79 Å². The SMILES string of the molecule is O=C(c1c2ccccc2nc2cc(O)cc(O)c12)N1CCN(c2cccc(Cl)n2)CC1. The Labute approximate surface area is 183 Å². The van der Waals surface area contributed by atoms with Crippen LogP contribution in [0.3, 0.4) is 0 Å². The van der Waals surface area contributed by atoms with Gasteiger partial charge in [-0.1, -0.05) is 35.9 Å². The van der Waals surface area contributed by atoms with E-state index in [0.717, 1.165) is 5.82 Å². The molecule has 4 aromatic rings. The number of halogens is 1. The number of amides is 1. The molecule has 0 atom stereocenters. The summed E-state index contributed by atoms with van der Waals surface area (Å²) >= 11 is 6.01. The van der Waals surface area contributed by atoms with E-state index in [2.05, 4.69) is 14.9 Å². The Morgan fingerprint density at radius 1 is 0.903 bits per heavy atom. The predicted octanol–water partition coefficient (Wildman–Crippen LogP) is 3.81. The van der Waals surface area contributed by atoms with E-state index in [4.69, 9.17) is 11.6 Å². The molecule has 0 unspecified atom stereocenters. The van der Waals surface area contributed by atoms with E-state index >= 15 is 0 Å². The second-order valence-corrected chi connectivity index (χ2v) is 7.85. The monoisotopic (exact) mass is 434 g/mol. The number of rotatable bonds is 2. The third-order valence-corrected chi connectivity index (χ3v) is 5.76. The summed E-state index contributed by atoms with van der Waals surface area (Å²) in [5, 5.41) is 21.9. The maximum atomic E-state index is 13.6. The molecule has 8 heteroatoms. The van der Waals surface area contributed by atoms with Crippen LogP contribution < -0.4 is 4.90 Å². The zero-order chi connectivity index (χ0) is 21.5. The summed E-state index contributed by atoms with van der Waals surface area (Å²) in [5.41, 5.74) is 1.40. The van der Waals surface area contributed by atoms with Crippen molar-refractivity contribution >= 4 is 45.1 Å². The summed E-state index contributed by atoms with van der Waals surface area (Å²) in [6.45, 7) is 2.24. The summed E-state index contributed by atoms with van der Waals surface area (Å²) < 4.78 is 0. The van der Waals surface area contributed by atoms with Gasteiger partial charge in [0.05, 0.1) is 22.0 Å². The molecule has 0 saturated carbocycles. The van der Waals surface area contributed by atoms with Crippen LogP contribution >= 0.6 is 11.6 Å². The van der Waals surface area contributed by atoms with Crippen molar-refractivity contribution in [2.24, 2.45) is 0 Å². The van der Waals surface area contributed by atoms with Gasteiger partial charge in [0.2, 0.25) is 0 Å². The Morgan fingerprint density at radius 2 is 1.68 bits per heavy atom. The highest BCUT2D eigenvalue weighted by molar-refractivity contribution is 6.29. The van der Waals surface area contributed by atoms with E-state index in [9.17, 15) is 15.0 Å². The number of fused-ring (bicyclic) bond motifs is 2. The van der Waals surface area contributed by atoms with E-state index in [1.54, 1.807) is 11.0 Å². The van der Waals surface area contributed by atoms with Crippen LogP contribution in [0.5, 0.6) is 11.5 Å². The number of carbonyl (C=O) groups excluding carboxylic acids is 1. The molecule has 3 heterocycles. The Hall–Kier alpha value is -3.58. The topological polar surface area (TPSA) is 89.8 Å². The lowest BCUT2D eigenvalue weighted by atomic mass is 10.00. The minimum atomic E-state index is -0.178. The van der Waals surface area contributed by atoms with Crippen molar-refractivity contribution in [3.8, 4) is 11.5 Å². The van der Waals surface area contributed by atoms with E-state index in [1.807, 2.05) is 36.4 Å². The highest BCUT2D eigenvalue weighted by Crippen LogP contribution is 2.36. The van der Waals surface area contributed by atoms with Crippen molar-refractivity contribution in [3.63, 3.8) is 0 Å². The third-order valence-electron chi connectivity index (χ3n) is 5.55. The normalized spacial score (nSPS) is 14.4. The number of hydrogen-bond acceptors (Lipinski definition) is 6. The van der Waals surface area contributed by atoms with Crippen LogP contribution in [0.2, 0.25) is 5.15 Å². The van der Waals surface area contributed by atoms with Crippen LogP contribution in [0.25, 0.3) is 21.8 Å². The fraction of sp³-hybridized carbons (Fsp3) is 0.174. The standard InChI is InChI=1S/C23H19ClN4O3/c24-19-6-3-7-20(26-19)27-8-10-28(11-9-27)23(31)21-15-4-1-2-5-16(15)25-17-12-14(29)13-18(30)22(17)21/h1-7,12-13,29-30H,8-11H2. The second-order valence-electron chi connectivity index (χ2n) is 7.46. The molecule has 0 bridgehead atoms. The molecule has 1 amide bonds. The summed E-state index contributed by atoms with van der Waals surface area (Å²) in [6, 6.07) is 15.5. The number of anilines is 1. The predicted molar refractivity (Wildman–Crippen MR) is 120 cm³/mol. The minimum absolute atomic E-state index is 0.103.